The fourth-order valence-corrected chi connectivity index (χ4v) is 3.24. The summed E-state index contributed by atoms with van der Waals surface area (Å²) in [5.41, 5.74) is 1.90. The molecule has 0 atom stereocenters. The van der Waals surface area contributed by atoms with E-state index in [-0.39, 0.29) is 5.75 Å². The standard InChI is InChI=1S/C16H18N2O3S2/c1-4-10-8-11(15(20)21-3)14(23-10)18-16(22)17-12-6-5-9(2)7-13(12)19/h5-8,19H,4H2,1-3H3,(H2,17,18,22). The topological polar surface area (TPSA) is 70.6 Å². The van der Waals surface area contributed by atoms with Gasteiger partial charge in [0.25, 0.3) is 0 Å². The smallest absolute Gasteiger partial charge is 0.340 e. The van der Waals surface area contributed by atoms with E-state index in [4.69, 9.17) is 17.0 Å². The number of thiocarbonyl (C=S) groups is 1. The van der Waals surface area contributed by atoms with Crippen LogP contribution in [0.3, 0.4) is 0 Å². The molecule has 3 N–H and O–H groups in total. The number of phenolic OH excluding ortho intramolecular Hbond substituents is 1. The van der Waals surface area contributed by atoms with Crippen molar-refractivity contribution in [2.75, 3.05) is 17.7 Å². The SMILES string of the molecule is CCc1cc(C(=O)OC)c(NC(=S)Nc2ccc(C)cc2O)s1. The van der Waals surface area contributed by atoms with Crippen molar-refractivity contribution < 1.29 is 14.6 Å². The zero-order valence-corrected chi connectivity index (χ0v) is 14.7. The van der Waals surface area contributed by atoms with Crippen molar-refractivity contribution in [3.05, 3.63) is 40.3 Å². The summed E-state index contributed by atoms with van der Waals surface area (Å²) in [5.74, 6) is -0.299. The summed E-state index contributed by atoms with van der Waals surface area (Å²) < 4.78 is 4.79. The van der Waals surface area contributed by atoms with E-state index in [1.54, 1.807) is 18.2 Å². The molecule has 0 aliphatic carbocycles. The molecular weight excluding hydrogens is 332 g/mol. The van der Waals surface area contributed by atoms with E-state index in [2.05, 4.69) is 10.6 Å². The molecule has 1 aromatic carbocycles. The second-order valence-corrected chi connectivity index (χ2v) is 6.45. The molecule has 0 unspecified atom stereocenters. The molecule has 0 saturated heterocycles. The molecule has 0 saturated carbocycles. The first-order valence-corrected chi connectivity index (χ1v) is 8.25. The van der Waals surface area contributed by atoms with Gasteiger partial charge in [0, 0.05) is 4.88 Å². The van der Waals surface area contributed by atoms with Crippen LogP contribution in [0.15, 0.2) is 24.3 Å². The van der Waals surface area contributed by atoms with E-state index in [1.807, 2.05) is 19.9 Å². The van der Waals surface area contributed by atoms with Crippen LogP contribution in [0.1, 0.15) is 27.7 Å². The molecule has 0 aliphatic heterocycles. The van der Waals surface area contributed by atoms with Crippen LogP contribution in [-0.4, -0.2) is 23.3 Å². The van der Waals surface area contributed by atoms with E-state index < -0.39 is 5.97 Å². The quantitative estimate of drug-likeness (QED) is 0.441. The molecule has 2 rings (SSSR count). The Morgan fingerprint density at radius 2 is 2.09 bits per heavy atom. The van der Waals surface area contributed by atoms with Crippen LogP contribution in [0, 0.1) is 6.92 Å². The number of hydrogen-bond acceptors (Lipinski definition) is 5. The molecule has 0 radical (unpaired) electrons. The number of rotatable bonds is 4. The maximum atomic E-state index is 11.8. The third-order valence-corrected chi connectivity index (χ3v) is 4.56. The number of thiophene rings is 1. The minimum absolute atomic E-state index is 0.114. The van der Waals surface area contributed by atoms with E-state index >= 15 is 0 Å². The third-order valence-electron chi connectivity index (χ3n) is 3.17. The van der Waals surface area contributed by atoms with Gasteiger partial charge in [0.15, 0.2) is 5.11 Å². The minimum Gasteiger partial charge on any atom is -0.506 e. The molecule has 5 nitrogen and oxygen atoms in total. The van der Waals surface area contributed by atoms with Gasteiger partial charge in [0.1, 0.15) is 10.8 Å². The number of methoxy groups -OCH3 is 1. The lowest BCUT2D eigenvalue weighted by molar-refractivity contribution is 0.0602. The van der Waals surface area contributed by atoms with Crippen molar-refractivity contribution in [3.8, 4) is 5.75 Å². The Bertz CT molecular complexity index is 741. The average Bonchev–Trinajstić information content (AvgIpc) is 2.92. The average molecular weight is 350 g/mol. The summed E-state index contributed by atoms with van der Waals surface area (Å²) in [6.07, 6.45) is 0.815. The first-order chi connectivity index (χ1) is 10.9. The summed E-state index contributed by atoms with van der Waals surface area (Å²) in [5, 5.41) is 16.7. The van der Waals surface area contributed by atoms with Gasteiger partial charge in [-0.05, 0) is 49.3 Å². The zero-order valence-electron chi connectivity index (χ0n) is 13.1. The van der Waals surface area contributed by atoms with Crippen LogP contribution in [0.5, 0.6) is 5.75 Å². The normalized spacial score (nSPS) is 10.2. The van der Waals surface area contributed by atoms with Gasteiger partial charge in [0.05, 0.1) is 18.4 Å². The monoisotopic (exact) mass is 350 g/mol. The Balaban J connectivity index is 2.16. The van der Waals surface area contributed by atoms with Gasteiger partial charge < -0.3 is 20.5 Å². The Morgan fingerprint density at radius 3 is 2.70 bits per heavy atom. The summed E-state index contributed by atoms with van der Waals surface area (Å²) >= 11 is 6.71. The van der Waals surface area contributed by atoms with Crippen LogP contribution in [0.2, 0.25) is 0 Å². The van der Waals surface area contributed by atoms with Gasteiger partial charge in [-0.1, -0.05) is 13.0 Å². The number of aryl methyl sites for hydroxylation is 2. The lowest BCUT2D eigenvalue weighted by Gasteiger charge is -2.12. The Hall–Kier alpha value is -2.12. The number of carbonyl (C=O) groups excluding carboxylic acids is 1. The number of esters is 1. The molecule has 122 valence electrons. The number of ether oxygens (including phenoxy) is 1. The van der Waals surface area contributed by atoms with Crippen molar-refractivity contribution in [1.82, 2.24) is 0 Å². The number of anilines is 2. The van der Waals surface area contributed by atoms with Crippen molar-refractivity contribution in [2.24, 2.45) is 0 Å². The molecule has 0 spiro atoms. The number of carbonyl (C=O) groups is 1. The molecule has 23 heavy (non-hydrogen) atoms. The molecule has 2 aromatic rings. The highest BCUT2D eigenvalue weighted by Crippen LogP contribution is 2.30. The van der Waals surface area contributed by atoms with Crippen molar-refractivity contribution in [3.63, 3.8) is 0 Å². The van der Waals surface area contributed by atoms with Crippen LogP contribution < -0.4 is 10.6 Å². The van der Waals surface area contributed by atoms with Gasteiger partial charge in [-0.3, -0.25) is 0 Å². The maximum absolute atomic E-state index is 11.8. The summed E-state index contributed by atoms with van der Waals surface area (Å²) in [4.78, 5) is 12.9. The first kappa shape index (κ1) is 17.2. The molecule has 0 fully saturated rings. The highest BCUT2D eigenvalue weighted by Gasteiger charge is 2.17. The minimum atomic E-state index is -0.413. The third kappa shape index (κ3) is 4.20. The molecular formula is C16H18N2O3S2. The van der Waals surface area contributed by atoms with Gasteiger partial charge in [-0.25, -0.2) is 4.79 Å². The van der Waals surface area contributed by atoms with Crippen molar-refractivity contribution in [2.45, 2.75) is 20.3 Å². The van der Waals surface area contributed by atoms with Crippen molar-refractivity contribution >= 4 is 45.3 Å². The van der Waals surface area contributed by atoms with E-state index in [9.17, 15) is 9.90 Å². The Kier molecular flexibility index (Phi) is 5.57. The summed E-state index contributed by atoms with van der Waals surface area (Å²) in [6.45, 7) is 3.90. The van der Waals surface area contributed by atoms with Crippen molar-refractivity contribution in [1.29, 1.82) is 0 Å². The van der Waals surface area contributed by atoms with Gasteiger partial charge in [0.2, 0.25) is 0 Å². The van der Waals surface area contributed by atoms with Crippen LogP contribution in [-0.2, 0) is 11.2 Å². The number of hydrogen-bond donors (Lipinski definition) is 3. The second kappa shape index (κ2) is 7.43. The number of benzene rings is 1. The molecule has 1 aromatic heterocycles. The number of aromatic hydroxyl groups is 1. The summed E-state index contributed by atoms with van der Waals surface area (Å²) in [6, 6.07) is 7.05. The predicted molar refractivity (Wildman–Crippen MR) is 97.7 cm³/mol. The molecule has 1 heterocycles. The highest BCUT2D eigenvalue weighted by molar-refractivity contribution is 7.80. The van der Waals surface area contributed by atoms with E-state index in [0.717, 1.165) is 16.9 Å². The zero-order chi connectivity index (χ0) is 17.0. The van der Waals surface area contributed by atoms with Gasteiger partial charge in [-0.15, -0.1) is 11.3 Å². The van der Waals surface area contributed by atoms with Gasteiger partial charge in [-0.2, -0.15) is 0 Å². The fraction of sp³-hybridized carbons (Fsp3) is 0.250. The first-order valence-electron chi connectivity index (χ1n) is 7.03. The highest BCUT2D eigenvalue weighted by atomic mass is 32.1. The molecule has 0 bridgehead atoms. The van der Waals surface area contributed by atoms with E-state index in [1.165, 1.54) is 18.4 Å². The molecule has 7 heteroatoms. The second-order valence-electron chi connectivity index (χ2n) is 4.90. The molecule has 0 amide bonds. The Labute approximate surface area is 144 Å². The maximum Gasteiger partial charge on any atom is 0.340 e. The Morgan fingerprint density at radius 1 is 1.35 bits per heavy atom. The van der Waals surface area contributed by atoms with Gasteiger partial charge >= 0.3 is 5.97 Å². The van der Waals surface area contributed by atoms with Crippen LogP contribution in [0.25, 0.3) is 0 Å². The summed E-state index contributed by atoms with van der Waals surface area (Å²) in [7, 11) is 1.34. The van der Waals surface area contributed by atoms with Crippen LogP contribution in [0.4, 0.5) is 10.7 Å². The van der Waals surface area contributed by atoms with E-state index in [0.29, 0.717) is 21.4 Å². The van der Waals surface area contributed by atoms with Crippen LogP contribution >= 0.6 is 23.6 Å². The fourth-order valence-electron chi connectivity index (χ4n) is 1.97. The number of phenols is 1. The predicted octanol–water partition coefficient (Wildman–Crippen LogP) is 3.92. The lowest BCUT2D eigenvalue weighted by Crippen LogP contribution is -2.20. The largest absolute Gasteiger partial charge is 0.506 e. The number of nitrogens with one attached hydrogen (secondary N) is 2. The lowest BCUT2D eigenvalue weighted by atomic mass is 10.2. The molecule has 0 aliphatic rings.